The Kier molecular flexibility index (Phi) is 4.51. The van der Waals surface area contributed by atoms with Crippen molar-refractivity contribution >= 4 is 23.0 Å². The third kappa shape index (κ3) is 3.23. The maximum absolute atomic E-state index is 12.5. The molecule has 0 saturated carbocycles. The molecule has 0 unspecified atom stereocenters. The summed E-state index contributed by atoms with van der Waals surface area (Å²) in [6.07, 6.45) is 1.45. The molecule has 0 saturated heterocycles. The highest BCUT2D eigenvalue weighted by atomic mass is 16.5. The summed E-state index contributed by atoms with van der Waals surface area (Å²) < 4.78 is 10.2. The quantitative estimate of drug-likeness (QED) is 0.402. The van der Waals surface area contributed by atoms with Gasteiger partial charge in [0, 0.05) is 12.3 Å². The molecule has 0 spiro atoms. The lowest BCUT2D eigenvalue weighted by Gasteiger charge is -2.10. The third-order valence-electron chi connectivity index (χ3n) is 3.43. The molecule has 25 heavy (non-hydrogen) atoms. The number of nitrogens with zero attached hydrogens (tertiary/aromatic N) is 3. The Balaban J connectivity index is 1.97. The fourth-order valence-electron chi connectivity index (χ4n) is 2.26. The number of pyridine rings is 1. The number of esters is 2. The van der Waals surface area contributed by atoms with Crippen molar-refractivity contribution in [3.8, 4) is 0 Å². The second kappa shape index (κ2) is 6.91. The van der Waals surface area contributed by atoms with Gasteiger partial charge in [-0.2, -0.15) is 4.73 Å². The summed E-state index contributed by atoms with van der Waals surface area (Å²) in [5.74, 6) is -1.55. The molecule has 0 aliphatic carbocycles. The van der Waals surface area contributed by atoms with E-state index in [1.54, 1.807) is 30.3 Å². The lowest BCUT2D eigenvalue weighted by molar-refractivity contribution is -0.581. The average Bonchev–Trinajstić information content (AvgIpc) is 2.66. The average molecular weight is 339 g/mol. The third-order valence-corrected chi connectivity index (χ3v) is 3.43. The molecule has 1 aromatic carbocycles. The van der Waals surface area contributed by atoms with Gasteiger partial charge in [0.1, 0.15) is 17.8 Å². The van der Waals surface area contributed by atoms with Gasteiger partial charge in [0.25, 0.3) is 0 Å². The minimum atomic E-state index is -0.864. The molecular formula is C17H13N3O5. The van der Waals surface area contributed by atoms with Gasteiger partial charge >= 0.3 is 17.6 Å². The van der Waals surface area contributed by atoms with Gasteiger partial charge in [-0.25, -0.2) is 19.6 Å². The predicted octanol–water partition coefficient (Wildman–Crippen LogP) is 1.41. The van der Waals surface area contributed by atoms with E-state index in [1.807, 2.05) is 0 Å². The lowest BCUT2D eigenvalue weighted by Crippen LogP contribution is -2.38. The summed E-state index contributed by atoms with van der Waals surface area (Å²) in [5, 5.41) is 12.5. The Hall–Kier alpha value is -3.55. The van der Waals surface area contributed by atoms with E-state index in [0.29, 0.717) is 10.2 Å². The fraction of sp³-hybridized carbons (Fsp3) is 0.118. The maximum atomic E-state index is 12.5. The molecule has 0 N–H and O–H groups in total. The molecule has 0 aliphatic rings. The molecule has 0 bridgehead atoms. The van der Waals surface area contributed by atoms with Crippen LogP contribution in [-0.2, 0) is 16.1 Å². The largest absolute Gasteiger partial charge is 0.618 e. The normalized spacial score (nSPS) is 10.4. The van der Waals surface area contributed by atoms with Crippen molar-refractivity contribution in [2.24, 2.45) is 0 Å². The number of hydrogen-bond acceptors (Lipinski definition) is 7. The molecule has 0 aliphatic heterocycles. The van der Waals surface area contributed by atoms with Crippen LogP contribution in [0.1, 0.15) is 26.7 Å². The molecule has 126 valence electrons. The van der Waals surface area contributed by atoms with E-state index in [-0.39, 0.29) is 29.2 Å². The summed E-state index contributed by atoms with van der Waals surface area (Å²) in [5.41, 5.74) is 0.370. The zero-order valence-corrected chi connectivity index (χ0v) is 13.2. The van der Waals surface area contributed by atoms with Crippen molar-refractivity contribution in [3.63, 3.8) is 0 Å². The number of para-hydroxylation sites is 2. The van der Waals surface area contributed by atoms with Crippen LogP contribution in [0.4, 0.5) is 0 Å². The number of carbonyl (C=O) groups excluding carboxylic acids is 2. The van der Waals surface area contributed by atoms with Crippen molar-refractivity contribution in [3.05, 3.63) is 71.0 Å². The van der Waals surface area contributed by atoms with Crippen molar-refractivity contribution in [2.45, 2.75) is 6.61 Å². The first-order valence-corrected chi connectivity index (χ1v) is 7.29. The molecule has 2 heterocycles. The molecule has 0 amide bonds. The van der Waals surface area contributed by atoms with Crippen molar-refractivity contribution in [1.29, 1.82) is 0 Å². The Labute approximate surface area is 142 Å². The van der Waals surface area contributed by atoms with Crippen LogP contribution in [0.2, 0.25) is 0 Å². The van der Waals surface area contributed by atoms with E-state index in [1.165, 1.54) is 18.3 Å². The van der Waals surface area contributed by atoms with Gasteiger partial charge in [-0.15, -0.1) is 0 Å². The molecule has 0 atom stereocenters. The molecule has 3 rings (SSSR count). The van der Waals surface area contributed by atoms with E-state index < -0.39 is 11.9 Å². The van der Waals surface area contributed by atoms with Gasteiger partial charge in [0.05, 0.1) is 7.11 Å². The van der Waals surface area contributed by atoms with Crippen molar-refractivity contribution in [1.82, 2.24) is 9.97 Å². The molecule has 0 fully saturated rings. The molecule has 3 aromatic rings. The molecule has 0 radical (unpaired) electrons. The van der Waals surface area contributed by atoms with E-state index in [0.717, 1.165) is 7.11 Å². The maximum Gasteiger partial charge on any atom is 0.406 e. The summed E-state index contributed by atoms with van der Waals surface area (Å²) in [6.45, 7) is -0.368. The van der Waals surface area contributed by atoms with Crippen LogP contribution in [0.3, 0.4) is 0 Å². The number of hydrogen-bond donors (Lipinski definition) is 0. The zero-order chi connectivity index (χ0) is 17.8. The highest BCUT2D eigenvalue weighted by Gasteiger charge is 2.28. The van der Waals surface area contributed by atoms with Crippen LogP contribution >= 0.6 is 0 Å². The Morgan fingerprint density at radius 2 is 1.88 bits per heavy atom. The summed E-state index contributed by atoms with van der Waals surface area (Å²) >= 11 is 0. The van der Waals surface area contributed by atoms with Crippen LogP contribution in [-0.4, -0.2) is 29.0 Å². The van der Waals surface area contributed by atoms with E-state index in [9.17, 15) is 14.8 Å². The lowest BCUT2D eigenvalue weighted by atomic mass is 10.2. The second-order valence-corrected chi connectivity index (χ2v) is 4.97. The highest BCUT2D eigenvalue weighted by Crippen LogP contribution is 2.13. The number of fused-ring (bicyclic) bond motifs is 1. The minimum absolute atomic E-state index is 0.00447. The first-order chi connectivity index (χ1) is 12.1. The molecular weight excluding hydrogens is 326 g/mol. The van der Waals surface area contributed by atoms with Crippen molar-refractivity contribution in [2.75, 3.05) is 7.11 Å². The van der Waals surface area contributed by atoms with Gasteiger partial charge in [0.2, 0.25) is 5.52 Å². The van der Waals surface area contributed by atoms with Crippen LogP contribution < -0.4 is 4.73 Å². The van der Waals surface area contributed by atoms with Crippen molar-refractivity contribution < 1.29 is 23.8 Å². The van der Waals surface area contributed by atoms with Gasteiger partial charge in [-0.05, 0) is 18.2 Å². The van der Waals surface area contributed by atoms with E-state index in [2.05, 4.69) is 14.7 Å². The SMILES string of the molecule is COC(=O)c1c(COC(=O)c2ccccn2)nc2ccccc2[n+]1[O-]. The predicted molar refractivity (Wildman–Crippen MR) is 85.4 cm³/mol. The van der Waals surface area contributed by atoms with Gasteiger partial charge in [0.15, 0.2) is 5.69 Å². The van der Waals surface area contributed by atoms with Crippen LogP contribution in [0.5, 0.6) is 0 Å². The monoisotopic (exact) mass is 339 g/mol. The standard InChI is InChI=1S/C17H13N3O5/c1-24-17(22)15-13(10-25-16(21)12-7-4-5-9-18-12)19-11-6-2-3-8-14(11)20(15)23/h2-9H,10H2,1H3. The smallest absolute Gasteiger partial charge is 0.406 e. The molecule has 2 aromatic heterocycles. The second-order valence-electron chi connectivity index (χ2n) is 4.97. The highest BCUT2D eigenvalue weighted by molar-refractivity contribution is 5.89. The number of methoxy groups -OCH3 is 1. The summed E-state index contributed by atoms with van der Waals surface area (Å²) in [4.78, 5) is 32.1. The van der Waals surface area contributed by atoms with Crippen LogP contribution in [0, 0.1) is 5.21 Å². The Morgan fingerprint density at radius 3 is 2.60 bits per heavy atom. The van der Waals surface area contributed by atoms with Gasteiger partial charge in [-0.1, -0.05) is 18.2 Å². The number of ether oxygens (including phenoxy) is 2. The number of rotatable bonds is 4. The molecule has 8 heteroatoms. The topological polar surface area (TPSA) is 105 Å². The minimum Gasteiger partial charge on any atom is -0.618 e. The number of carbonyl (C=O) groups is 2. The van der Waals surface area contributed by atoms with E-state index in [4.69, 9.17) is 4.74 Å². The van der Waals surface area contributed by atoms with E-state index >= 15 is 0 Å². The van der Waals surface area contributed by atoms with Gasteiger partial charge in [-0.3, -0.25) is 0 Å². The summed E-state index contributed by atoms with van der Waals surface area (Å²) in [7, 11) is 1.15. The van der Waals surface area contributed by atoms with Gasteiger partial charge < -0.3 is 14.7 Å². The van der Waals surface area contributed by atoms with Crippen LogP contribution in [0.25, 0.3) is 11.0 Å². The van der Waals surface area contributed by atoms with Crippen LogP contribution in [0.15, 0.2) is 48.7 Å². The first-order valence-electron chi connectivity index (χ1n) is 7.29. The number of aromatic nitrogens is 3. The fourth-order valence-corrected chi connectivity index (χ4v) is 2.26. The Morgan fingerprint density at radius 1 is 1.12 bits per heavy atom. The Bertz CT molecular complexity index is 944. The number of benzene rings is 1. The first kappa shape index (κ1) is 16.3. The molecule has 8 nitrogen and oxygen atoms in total. The summed E-state index contributed by atoms with van der Waals surface area (Å²) in [6, 6.07) is 11.3. The zero-order valence-electron chi connectivity index (χ0n) is 13.2.